The summed E-state index contributed by atoms with van der Waals surface area (Å²) in [7, 11) is 3.24. The van der Waals surface area contributed by atoms with Gasteiger partial charge in [0.25, 0.3) is 0 Å². The topological polar surface area (TPSA) is 59.1 Å². The summed E-state index contributed by atoms with van der Waals surface area (Å²) in [5, 5.41) is 2.06. The predicted octanol–water partition coefficient (Wildman–Crippen LogP) is 5.71. The van der Waals surface area contributed by atoms with Crippen LogP contribution in [0.25, 0.3) is 0 Å². The van der Waals surface area contributed by atoms with Gasteiger partial charge >= 0.3 is 0 Å². The minimum Gasteiger partial charge on any atom is -0.493 e. The van der Waals surface area contributed by atoms with Gasteiger partial charge in [-0.05, 0) is 60.4 Å². The van der Waals surface area contributed by atoms with Gasteiger partial charge in [0.15, 0.2) is 11.5 Å². The van der Waals surface area contributed by atoms with E-state index in [1.165, 1.54) is 10.4 Å². The zero-order valence-electron chi connectivity index (χ0n) is 22.3. The molecule has 0 N–H and O–H groups in total. The largest absolute Gasteiger partial charge is 0.493 e. The molecular weight excluding hydrogens is 460 g/mol. The van der Waals surface area contributed by atoms with Crippen molar-refractivity contribution in [2.24, 2.45) is 5.92 Å². The van der Waals surface area contributed by atoms with E-state index < -0.39 is 0 Å². The van der Waals surface area contributed by atoms with Crippen LogP contribution in [-0.2, 0) is 22.6 Å². The lowest BCUT2D eigenvalue weighted by Gasteiger charge is -2.29. The molecule has 0 aliphatic heterocycles. The first-order valence-electron chi connectivity index (χ1n) is 12.6. The third-order valence-electron chi connectivity index (χ3n) is 6.03. The summed E-state index contributed by atoms with van der Waals surface area (Å²) < 4.78 is 10.8. The molecule has 0 spiro atoms. The number of nitrogens with zero attached hydrogens (tertiary/aromatic N) is 2. The number of aryl methyl sites for hydroxylation is 1. The Morgan fingerprint density at radius 3 is 2.34 bits per heavy atom. The molecular formula is C28H42N2O4S. The Bertz CT molecular complexity index is 941. The monoisotopic (exact) mass is 502 g/mol. The van der Waals surface area contributed by atoms with Gasteiger partial charge < -0.3 is 19.3 Å². The fraction of sp³-hybridized carbons (Fsp3) is 0.571. The molecule has 0 unspecified atom stereocenters. The number of rotatable bonds is 15. The fourth-order valence-corrected chi connectivity index (χ4v) is 4.90. The van der Waals surface area contributed by atoms with Gasteiger partial charge in [-0.2, -0.15) is 0 Å². The van der Waals surface area contributed by atoms with E-state index in [9.17, 15) is 9.59 Å². The molecule has 0 saturated carbocycles. The van der Waals surface area contributed by atoms with Crippen LogP contribution in [0, 0.1) is 12.8 Å². The predicted molar refractivity (Wildman–Crippen MR) is 143 cm³/mol. The molecule has 0 fully saturated rings. The highest BCUT2D eigenvalue weighted by atomic mass is 32.1. The smallest absolute Gasteiger partial charge is 0.242 e. The molecule has 0 bridgehead atoms. The Labute approximate surface area is 215 Å². The quantitative estimate of drug-likeness (QED) is 0.293. The van der Waals surface area contributed by atoms with Crippen molar-refractivity contribution in [3.8, 4) is 11.5 Å². The second kappa shape index (κ2) is 14.8. The second-order valence-electron chi connectivity index (χ2n) is 9.41. The van der Waals surface area contributed by atoms with Gasteiger partial charge in [0, 0.05) is 24.4 Å². The lowest BCUT2D eigenvalue weighted by Crippen LogP contribution is -2.44. The maximum absolute atomic E-state index is 13.5. The van der Waals surface area contributed by atoms with Crippen molar-refractivity contribution in [3.05, 3.63) is 45.6 Å². The first-order valence-corrected chi connectivity index (χ1v) is 13.5. The van der Waals surface area contributed by atoms with Gasteiger partial charge in [-0.15, -0.1) is 11.3 Å². The Morgan fingerprint density at radius 1 is 1.00 bits per heavy atom. The molecule has 194 valence electrons. The fourth-order valence-electron chi connectivity index (χ4n) is 3.97. The molecule has 1 aromatic carbocycles. The molecule has 0 saturated heterocycles. The van der Waals surface area contributed by atoms with Crippen LogP contribution in [0.3, 0.4) is 0 Å². The van der Waals surface area contributed by atoms with Crippen LogP contribution in [-0.4, -0.2) is 55.5 Å². The number of benzene rings is 1. The number of ether oxygens (including phenoxy) is 2. The molecule has 2 rings (SSSR count). The van der Waals surface area contributed by atoms with E-state index in [4.69, 9.17) is 9.47 Å². The standard InChI is InChI=1S/C28H42N2O4S/c1-7-8-9-10-27(31)30(18-21(2)3)20-28(32)29(19-26-22(4)14-16-35-26)15-13-23-11-12-24(33-5)25(17-23)34-6/h11-12,14,16-17,21H,7-10,13,15,18-20H2,1-6H3. The van der Waals surface area contributed by atoms with Crippen LogP contribution in [0.4, 0.5) is 0 Å². The number of hydrogen-bond acceptors (Lipinski definition) is 5. The van der Waals surface area contributed by atoms with Gasteiger partial charge in [-0.3, -0.25) is 9.59 Å². The number of thiophene rings is 1. The van der Waals surface area contributed by atoms with Crippen LogP contribution in [0.1, 0.15) is 62.5 Å². The highest BCUT2D eigenvalue weighted by molar-refractivity contribution is 7.10. The van der Waals surface area contributed by atoms with Crippen molar-refractivity contribution < 1.29 is 19.1 Å². The van der Waals surface area contributed by atoms with Crippen molar-refractivity contribution in [2.45, 2.75) is 66.3 Å². The lowest BCUT2D eigenvalue weighted by atomic mass is 10.1. The molecule has 1 aromatic heterocycles. The van der Waals surface area contributed by atoms with Crippen molar-refractivity contribution in [1.82, 2.24) is 9.80 Å². The SMILES string of the molecule is CCCCCC(=O)N(CC(=O)N(CCc1ccc(OC)c(OC)c1)Cc1sccc1C)CC(C)C. The van der Waals surface area contributed by atoms with E-state index in [-0.39, 0.29) is 18.4 Å². The van der Waals surface area contributed by atoms with Gasteiger partial charge in [0.1, 0.15) is 0 Å². The maximum atomic E-state index is 13.5. The molecule has 2 aromatic rings. The van der Waals surface area contributed by atoms with Crippen molar-refractivity contribution in [2.75, 3.05) is 33.9 Å². The molecule has 0 aliphatic rings. The van der Waals surface area contributed by atoms with Gasteiger partial charge in [0.2, 0.25) is 11.8 Å². The van der Waals surface area contributed by atoms with E-state index in [2.05, 4.69) is 39.1 Å². The molecule has 2 amide bonds. The van der Waals surface area contributed by atoms with Crippen molar-refractivity contribution in [1.29, 1.82) is 0 Å². The summed E-state index contributed by atoms with van der Waals surface area (Å²) in [4.78, 5) is 31.3. The zero-order valence-corrected chi connectivity index (χ0v) is 23.1. The highest BCUT2D eigenvalue weighted by Gasteiger charge is 2.23. The minimum atomic E-state index is -0.0113. The van der Waals surface area contributed by atoms with Crippen LogP contribution in [0.2, 0.25) is 0 Å². The van der Waals surface area contributed by atoms with Gasteiger partial charge in [-0.25, -0.2) is 0 Å². The molecule has 0 atom stereocenters. The van der Waals surface area contributed by atoms with E-state index in [1.54, 1.807) is 30.5 Å². The summed E-state index contributed by atoms with van der Waals surface area (Å²) in [6.45, 7) is 10.2. The average molecular weight is 503 g/mol. The number of methoxy groups -OCH3 is 2. The van der Waals surface area contributed by atoms with Crippen LogP contribution in [0.15, 0.2) is 29.6 Å². The summed E-state index contributed by atoms with van der Waals surface area (Å²) in [6.07, 6.45) is 4.16. The summed E-state index contributed by atoms with van der Waals surface area (Å²) in [5.41, 5.74) is 2.26. The van der Waals surface area contributed by atoms with E-state index in [1.807, 2.05) is 23.1 Å². The summed E-state index contributed by atoms with van der Waals surface area (Å²) in [5.74, 6) is 1.73. The molecule has 7 heteroatoms. The lowest BCUT2D eigenvalue weighted by molar-refractivity contribution is -0.141. The van der Waals surface area contributed by atoms with Crippen LogP contribution < -0.4 is 9.47 Å². The third kappa shape index (κ3) is 9.21. The van der Waals surface area contributed by atoms with E-state index >= 15 is 0 Å². The normalized spacial score (nSPS) is 10.9. The number of hydrogen-bond donors (Lipinski definition) is 0. The molecule has 0 radical (unpaired) electrons. The Morgan fingerprint density at radius 2 is 1.74 bits per heavy atom. The Kier molecular flexibility index (Phi) is 12.1. The number of unbranched alkanes of at least 4 members (excludes halogenated alkanes) is 2. The van der Waals surface area contributed by atoms with Crippen molar-refractivity contribution >= 4 is 23.2 Å². The van der Waals surface area contributed by atoms with Crippen LogP contribution in [0.5, 0.6) is 11.5 Å². The van der Waals surface area contributed by atoms with Gasteiger partial charge in [0.05, 0.1) is 27.3 Å². The second-order valence-corrected chi connectivity index (χ2v) is 10.4. The number of amides is 2. The Hall–Kier alpha value is -2.54. The number of carbonyl (C=O) groups is 2. The maximum Gasteiger partial charge on any atom is 0.242 e. The zero-order chi connectivity index (χ0) is 25.8. The average Bonchev–Trinajstić information content (AvgIpc) is 3.24. The molecule has 1 heterocycles. The van der Waals surface area contributed by atoms with E-state index in [0.717, 1.165) is 24.8 Å². The summed E-state index contributed by atoms with van der Waals surface area (Å²) >= 11 is 1.67. The third-order valence-corrected chi connectivity index (χ3v) is 7.04. The van der Waals surface area contributed by atoms with E-state index in [0.29, 0.717) is 49.9 Å². The minimum absolute atomic E-state index is 0.0113. The first-order chi connectivity index (χ1) is 16.8. The molecule has 0 aliphatic carbocycles. The molecule has 35 heavy (non-hydrogen) atoms. The van der Waals surface area contributed by atoms with Crippen LogP contribution >= 0.6 is 11.3 Å². The number of carbonyl (C=O) groups excluding carboxylic acids is 2. The molecule has 6 nitrogen and oxygen atoms in total. The first kappa shape index (κ1) is 28.7. The highest BCUT2D eigenvalue weighted by Crippen LogP contribution is 2.28. The van der Waals surface area contributed by atoms with Gasteiger partial charge in [-0.1, -0.05) is 39.7 Å². The van der Waals surface area contributed by atoms with Crippen molar-refractivity contribution in [3.63, 3.8) is 0 Å². The summed E-state index contributed by atoms with van der Waals surface area (Å²) in [6, 6.07) is 7.94. The Balaban J connectivity index is 2.17.